The van der Waals surface area contributed by atoms with Gasteiger partial charge in [-0.05, 0) is 42.5 Å². The number of carbonyl (C=O) groups is 2. The maximum atomic E-state index is 12.4. The summed E-state index contributed by atoms with van der Waals surface area (Å²) in [6.45, 7) is 0.530. The van der Waals surface area contributed by atoms with Crippen molar-refractivity contribution in [3.8, 4) is 0 Å². The Morgan fingerprint density at radius 1 is 1.00 bits per heavy atom. The maximum absolute atomic E-state index is 12.4. The molecule has 2 heterocycles. The summed E-state index contributed by atoms with van der Waals surface area (Å²) in [4.78, 5) is 32.2. The predicted molar refractivity (Wildman–Crippen MR) is 102 cm³/mol. The van der Waals surface area contributed by atoms with Crippen molar-refractivity contribution in [2.75, 3.05) is 17.7 Å². The highest BCUT2D eigenvalue weighted by Gasteiger charge is 2.09. The molecule has 0 aliphatic heterocycles. The van der Waals surface area contributed by atoms with E-state index in [4.69, 9.17) is 0 Å². The summed E-state index contributed by atoms with van der Waals surface area (Å²) in [6, 6.07) is 13.9. The molecule has 0 saturated carbocycles. The number of methoxy groups -OCH3 is 1. The van der Waals surface area contributed by atoms with Gasteiger partial charge in [-0.3, -0.25) is 14.8 Å². The van der Waals surface area contributed by atoms with Crippen molar-refractivity contribution in [1.29, 1.82) is 0 Å². The fourth-order valence-corrected chi connectivity index (χ4v) is 2.37. The van der Waals surface area contributed by atoms with Gasteiger partial charge in [0.1, 0.15) is 0 Å². The van der Waals surface area contributed by atoms with Gasteiger partial charge >= 0.3 is 5.97 Å². The van der Waals surface area contributed by atoms with Gasteiger partial charge in [0.15, 0.2) is 0 Å². The second-order valence-corrected chi connectivity index (χ2v) is 5.66. The Kier molecular flexibility index (Phi) is 5.73. The highest BCUT2D eigenvalue weighted by molar-refractivity contribution is 6.04. The van der Waals surface area contributed by atoms with Gasteiger partial charge in [0.2, 0.25) is 0 Å². The molecule has 2 aromatic heterocycles. The molecule has 2 N–H and O–H groups in total. The van der Waals surface area contributed by atoms with Gasteiger partial charge in [0.05, 0.1) is 36.2 Å². The van der Waals surface area contributed by atoms with Crippen molar-refractivity contribution in [2.45, 2.75) is 6.54 Å². The molecule has 0 saturated heterocycles. The number of ether oxygens (including phenoxy) is 1. The zero-order chi connectivity index (χ0) is 19.1. The minimum Gasteiger partial charge on any atom is -0.465 e. The Morgan fingerprint density at radius 3 is 2.52 bits per heavy atom. The van der Waals surface area contributed by atoms with Crippen molar-refractivity contribution >= 4 is 23.3 Å². The third kappa shape index (κ3) is 4.88. The zero-order valence-electron chi connectivity index (χ0n) is 14.7. The lowest BCUT2D eigenvalue weighted by Crippen LogP contribution is -2.13. The van der Waals surface area contributed by atoms with Gasteiger partial charge in [0, 0.05) is 24.3 Å². The summed E-state index contributed by atoms with van der Waals surface area (Å²) in [5, 5.41) is 5.96. The second-order valence-electron chi connectivity index (χ2n) is 5.66. The minimum atomic E-state index is -0.427. The van der Waals surface area contributed by atoms with Crippen LogP contribution in [0.3, 0.4) is 0 Å². The van der Waals surface area contributed by atoms with Gasteiger partial charge in [-0.2, -0.15) is 0 Å². The fraction of sp³-hybridized carbons (Fsp3) is 0.100. The third-order valence-electron chi connectivity index (χ3n) is 3.76. The van der Waals surface area contributed by atoms with Gasteiger partial charge in [0.25, 0.3) is 5.91 Å². The number of nitrogens with zero attached hydrogens (tertiary/aromatic N) is 2. The topological polar surface area (TPSA) is 93.2 Å². The monoisotopic (exact) mass is 362 g/mol. The summed E-state index contributed by atoms with van der Waals surface area (Å²) in [6.07, 6.45) is 4.86. The van der Waals surface area contributed by atoms with Crippen molar-refractivity contribution in [2.24, 2.45) is 0 Å². The van der Waals surface area contributed by atoms with Crippen LogP contribution in [0.1, 0.15) is 26.4 Å². The molecule has 0 spiro atoms. The summed E-state index contributed by atoms with van der Waals surface area (Å²) in [5.41, 5.74) is 3.00. The van der Waals surface area contributed by atoms with Crippen LogP contribution in [0.5, 0.6) is 0 Å². The van der Waals surface area contributed by atoms with E-state index >= 15 is 0 Å². The molecule has 0 unspecified atom stereocenters. The predicted octanol–water partition coefficient (Wildman–Crippen LogP) is 3.13. The van der Waals surface area contributed by atoms with E-state index in [1.54, 1.807) is 42.7 Å². The second kappa shape index (κ2) is 8.57. The van der Waals surface area contributed by atoms with E-state index in [9.17, 15) is 9.59 Å². The molecular weight excluding hydrogens is 344 g/mol. The highest BCUT2D eigenvalue weighted by atomic mass is 16.5. The zero-order valence-corrected chi connectivity index (χ0v) is 14.7. The lowest BCUT2D eigenvalue weighted by Gasteiger charge is -2.09. The van der Waals surface area contributed by atoms with Crippen LogP contribution in [0.4, 0.5) is 11.4 Å². The van der Waals surface area contributed by atoms with E-state index in [0.29, 0.717) is 29.0 Å². The Balaban J connectivity index is 1.63. The van der Waals surface area contributed by atoms with Crippen molar-refractivity contribution in [1.82, 2.24) is 9.97 Å². The molecule has 3 aromatic rings. The standard InChI is InChI=1S/C20H18N4O3/c1-27-20(26)14-5-7-16(8-6-14)24-19(25)15-10-18(12-21-11-15)23-13-17-4-2-3-9-22-17/h2-12,23H,13H2,1H3,(H,24,25). The number of anilines is 2. The smallest absolute Gasteiger partial charge is 0.337 e. The van der Waals surface area contributed by atoms with Crippen molar-refractivity contribution in [3.05, 3.63) is 83.9 Å². The van der Waals surface area contributed by atoms with Crippen LogP contribution in [-0.4, -0.2) is 29.0 Å². The van der Waals surface area contributed by atoms with E-state index in [0.717, 1.165) is 5.69 Å². The Labute approximate surface area is 156 Å². The molecule has 7 nitrogen and oxygen atoms in total. The molecule has 3 rings (SSSR count). The summed E-state index contributed by atoms with van der Waals surface area (Å²) in [7, 11) is 1.32. The van der Waals surface area contributed by atoms with Crippen LogP contribution in [0.15, 0.2) is 67.1 Å². The Morgan fingerprint density at radius 2 is 1.81 bits per heavy atom. The molecular formula is C20H18N4O3. The number of aromatic nitrogens is 2. The lowest BCUT2D eigenvalue weighted by atomic mass is 10.2. The quantitative estimate of drug-likeness (QED) is 0.655. The molecule has 27 heavy (non-hydrogen) atoms. The summed E-state index contributed by atoms with van der Waals surface area (Å²) < 4.78 is 4.65. The molecule has 136 valence electrons. The number of nitrogens with one attached hydrogen (secondary N) is 2. The summed E-state index contributed by atoms with van der Waals surface area (Å²) >= 11 is 0. The Bertz CT molecular complexity index is 927. The van der Waals surface area contributed by atoms with Gasteiger partial charge < -0.3 is 15.4 Å². The SMILES string of the molecule is COC(=O)c1ccc(NC(=O)c2cncc(NCc3ccccn3)c2)cc1. The molecule has 0 aliphatic carbocycles. The fourth-order valence-electron chi connectivity index (χ4n) is 2.37. The largest absolute Gasteiger partial charge is 0.465 e. The van der Waals surface area contributed by atoms with Crippen LogP contribution in [0, 0.1) is 0 Å². The van der Waals surface area contributed by atoms with Crippen molar-refractivity contribution in [3.63, 3.8) is 0 Å². The van der Waals surface area contributed by atoms with E-state index in [1.807, 2.05) is 18.2 Å². The first-order chi connectivity index (χ1) is 13.2. The molecule has 0 aliphatic rings. The Hall–Kier alpha value is -3.74. The number of hydrogen-bond acceptors (Lipinski definition) is 6. The van der Waals surface area contributed by atoms with Crippen LogP contribution < -0.4 is 10.6 Å². The van der Waals surface area contributed by atoms with E-state index in [2.05, 4.69) is 25.3 Å². The van der Waals surface area contributed by atoms with Crippen LogP contribution in [-0.2, 0) is 11.3 Å². The minimum absolute atomic E-state index is 0.296. The van der Waals surface area contributed by atoms with E-state index < -0.39 is 5.97 Å². The molecule has 1 amide bonds. The first kappa shape index (κ1) is 18.1. The van der Waals surface area contributed by atoms with Gasteiger partial charge in [-0.15, -0.1) is 0 Å². The highest BCUT2D eigenvalue weighted by Crippen LogP contribution is 2.14. The number of esters is 1. The van der Waals surface area contributed by atoms with E-state index in [-0.39, 0.29) is 5.91 Å². The lowest BCUT2D eigenvalue weighted by molar-refractivity contribution is 0.0600. The van der Waals surface area contributed by atoms with Crippen molar-refractivity contribution < 1.29 is 14.3 Å². The van der Waals surface area contributed by atoms with Crippen LogP contribution >= 0.6 is 0 Å². The third-order valence-corrected chi connectivity index (χ3v) is 3.76. The molecule has 7 heteroatoms. The molecule has 0 bridgehead atoms. The molecule has 1 aromatic carbocycles. The average molecular weight is 362 g/mol. The molecule has 0 fully saturated rings. The first-order valence-corrected chi connectivity index (χ1v) is 8.24. The number of rotatable bonds is 6. The normalized spacial score (nSPS) is 10.1. The average Bonchev–Trinajstić information content (AvgIpc) is 2.73. The number of pyridine rings is 2. The van der Waals surface area contributed by atoms with Gasteiger partial charge in [-0.1, -0.05) is 6.07 Å². The number of carbonyl (C=O) groups excluding carboxylic acids is 2. The summed E-state index contributed by atoms with van der Waals surface area (Å²) in [5.74, 6) is -0.724. The number of amides is 1. The van der Waals surface area contributed by atoms with E-state index in [1.165, 1.54) is 13.3 Å². The van der Waals surface area contributed by atoms with Gasteiger partial charge in [-0.25, -0.2) is 4.79 Å². The molecule has 0 radical (unpaired) electrons. The number of hydrogen-bond donors (Lipinski definition) is 2. The first-order valence-electron chi connectivity index (χ1n) is 8.24. The maximum Gasteiger partial charge on any atom is 0.337 e. The van der Waals surface area contributed by atoms with Crippen LogP contribution in [0.25, 0.3) is 0 Å². The van der Waals surface area contributed by atoms with Crippen LogP contribution in [0.2, 0.25) is 0 Å². The number of benzene rings is 1. The molecule has 0 atom stereocenters.